The highest BCUT2D eigenvalue weighted by atomic mass is 16.2. The monoisotopic (exact) mass is 389 g/mol. The van der Waals surface area contributed by atoms with Gasteiger partial charge in [0.05, 0.1) is 6.54 Å². The van der Waals surface area contributed by atoms with E-state index >= 15 is 0 Å². The van der Waals surface area contributed by atoms with E-state index in [1.165, 1.54) is 10.8 Å². The van der Waals surface area contributed by atoms with E-state index in [2.05, 4.69) is 41.0 Å². The number of benzene rings is 3. The van der Waals surface area contributed by atoms with E-state index in [1.54, 1.807) is 0 Å². The molecule has 0 bridgehead atoms. The quantitative estimate of drug-likeness (QED) is 0.619. The topological polar surface area (TPSA) is 61.4 Å². The number of amides is 2. The van der Waals surface area contributed by atoms with Crippen LogP contribution in [-0.4, -0.2) is 37.4 Å². The summed E-state index contributed by atoms with van der Waals surface area (Å²) in [5.41, 5.74) is 2.84. The number of anilines is 1. The first-order valence-electron chi connectivity index (χ1n) is 9.77. The number of carbonyl (C=O) groups excluding carboxylic acids is 2. The Hall–Kier alpha value is -3.18. The molecule has 0 aromatic heterocycles. The van der Waals surface area contributed by atoms with Gasteiger partial charge in [-0.1, -0.05) is 54.6 Å². The Morgan fingerprint density at radius 1 is 0.828 bits per heavy atom. The third kappa shape index (κ3) is 6.43. The van der Waals surface area contributed by atoms with Gasteiger partial charge in [-0.3, -0.25) is 9.59 Å². The molecule has 29 heavy (non-hydrogen) atoms. The first-order valence-corrected chi connectivity index (χ1v) is 9.77. The highest BCUT2D eigenvalue weighted by Gasteiger charge is 2.06. The predicted molar refractivity (Wildman–Crippen MR) is 118 cm³/mol. The minimum atomic E-state index is -0.0634. The van der Waals surface area contributed by atoms with Gasteiger partial charge in [-0.05, 0) is 54.5 Å². The summed E-state index contributed by atoms with van der Waals surface area (Å²) in [6.45, 7) is 0.768. The molecule has 0 atom stereocenters. The van der Waals surface area contributed by atoms with Crippen LogP contribution in [0.5, 0.6) is 0 Å². The normalized spacial score (nSPS) is 10.9. The average Bonchev–Trinajstić information content (AvgIpc) is 2.70. The van der Waals surface area contributed by atoms with Crippen molar-refractivity contribution in [1.82, 2.24) is 10.2 Å². The molecular weight excluding hydrogens is 362 g/mol. The Labute approximate surface area is 171 Å². The summed E-state index contributed by atoms with van der Waals surface area (Å²) in [5, 5.41) is 8.23. The maximum Gasteiger partial charge on any atom is 0.238 e. The lowest BCUT2D eigenvalue weighted by molar-refractivity contribution is -0.121. The van der Waals surface area contributed by atoms with Gasteiger partial charge in [-0.25, -0.2) is 0 Å². The summed E-state index contributed by atoms with van der Waals surface area (Å²) in [6, 6.07) is 22.1. The van der Waals surface area contributed by atoms with Crippen LogP contribution in [0.2, 0.25) is 0 Å². The number of aryl methyl sites for hydroxylation is 1. The molecule has 0 saturated heterocycles. The highest BCUT2D eigenvalue weighted by Crippen LogP contribution is 2.16. The number of nitrogens with one attached hydrogen (secondary N) is 2. The molecule has 5 heteroatoms. The van der Waals surface area contributed by atoms with Crippen LogP contribution in [0.15, 0.2) is 66.7 Å². The smallest absolute Gasteiger partial charge is 0.238 e. The maximum absolute atomic E-state index is 12.3. The molecule has 0 aliphatic carbocycles. The number of hydrogen-bond donors (Lipinski definition) is 2. The number of hydrogen-bond acceptors (Lipinski definition) is 3. The van der Waals surface area contributed by atoms with Gasteiger partial charge in [0, 0.05) is 18.7 Å². The number of likely N-dealkylation sites (N-methyl/N-ethyl adjacent to an activating group) is 1. The van der Waals surface area contributed by atoms with Crippen molar-refractivity contribution in [2.45, 2.75) is 19.4 Å². The molecule has 2 N–H and O–H groups in total. The molecule has 3 rings (SSSR count). The summed E-state index contributed by atoms with van der Waals surface area (Å²) in [4.78, 5) is 25.9. The summed E-state index contributed by atoms with van der Waals surface area (Å²) in [5.74, 6) is -0.0493. The fourth-order valence-corrected chi connectivity index (χ4v) is 3.19. The molecule has 3 aromatic rings. The third-order valence-electron chi connectivity index (χ3n) is 4.61. The number of nitrogens with zero attached hydrogens (tertiary/aromatic N) is 1. The van der Waals surface area contributed by atoms with Gasteiger partial charge in [0.2, 0.25) is 11.8 Å². The number of fused-ring (bicyclic) bond motifs is 1. The largest absolute Gasteiger partial charge is 0.352 e. The SMILES string of the molecule is CN(C)CC(=O)Nc1cccc(CNC(=O)CCc2ccc3ccccc3c2)c1. The second kappa shape index (κ2) is 9.85. The fourth-order valence-electron chi connectivity index (χ4n) is 3.19. The van der Waals surface area contributed by atoms with Crippen LogP contribution in [0.3, 0.4) is 0 Å². The van der Waals surface area contributed by atoms with E-state index < -0.39 is 0 Å². The first kappa shape index (κ1) is 20.6. The second-order valence-corrected chi connectivity index (χ2v) is 7.44. The van der Waals surface area contributed by atoms with Crippen molar-refractivity contribution in [3.63, 3.8) is 0 Å². The van der Waals surface area contributed by atoms with Crippen molar-refractivity contribution in [2.24, 2.45) is 0 Å². The Balaban J connectivity index is 1.48. The van der Waals surface area contributed by atoms with Crippen molar-refractivity contribution in [2.75, 3.05) is 26.0 Å². The lowest BCUT2D eigenvalue weighted by atomic mass is 10.0. The van der Waals surface area contributed by atoms with Crippen LogP contribution < -0.4 is 10.6 Å². The number of carbonyl (C=O) groups is 2. The summed E-state index contributed by atoms with van der Waals surface area (Å²) < 4.78 is 0. The van der Waals surface area contributed by atoms with Crippen molar-refractivity contribution in [3.8, 4) is 0 Å². The molecule has 0 aliphatic heterocycles. The van der Waals surface area contributed by atoms with Crippen LogP contribution in [0, 0.1) is 0 Å². The van der Waals surface area contributed by atoms with Gasteiger partial charge >= 0.3 is 0 Å². The van der Waals surface area contributed by atoms with Crippen LogP contribution in [0.1, 0.15) is 17.5 Å². The third-order valence-corrected chi connectivity index (χ3v) is 4.61. The zero-order valence-corrected chi connectivity index (χ0v) is 16.9. The zero-order chi connectivity index (χ0) is 20.6. The van der Waals surface area contributed by atoms with Crippen molar-refractivity contribution < 1.29 is 9.59 Å². The summed E-state index contributed by atoms with van der Waals surface area (Å²) in [6.07, 6.45) is 1.15. The van der Waals surface area contributed by atoms with Crippen molar-refractivity contribution >= 4 is 28.3 Å². The van der Waals surface area contributed by atoms with E-state index in [9.17, 15) is 9.59 Å². The second-order valence-electron chi connectivity index (χ2n) is 7.44. The molecular formula is C24H27N3O2. The van der Waals surface area contributed by atoms with E-state index in [0.29, 0.717) is 25.9 Å². The Bertz CT molecular complexity index is 998. The highest BCUT2D eigenvalue weighted by molar-refractivity contribution is 5.92. The molecule has 0 radical (unpaired) electrons. The lowest BCUT2D eigenvalue weighted by Gasteiger charge is -2.11. The summed E-state index contributed by atoms with van der Waals surface area (Å²) in [7, 11) is 3.70. The average molecular weight is 389 g/mol. The van der Waals surface area contributed by atoms with Gasteiger partial charge in [-0.15, -0.1) is 0 Å². The molecule has 2 amide bonds. The lowest BCUT2D eigenvalue weighted by Crippen LogP contribution is -2.27. The van der Waals surface area contributed by atoms with E-state index in [1.807, 2.05) is 55.4 Å². The maximum atomic E-state index is 12.3. The Morgan fingerprint density at radius 3 is 2.41 bits per heavy atom. The van der Waals surface area contributed by atoms with Crippen LogP contribution in [0.25, 0.3) is 10.8 Å². The van der Waals surface area contributed by atoms with Gasteiger partial charge in [0.15, 0.2) is 0 Å². The van der Waals surface area contributed by atoms with Crippen LogP contribution in [0.4, 0.5) is 5.69 Å². The Kier molecular flexibility index (Phi) is 6.98. The molecule has 0 unspecified atom stereocenters. The van der Waals surface area contributed by atoms with E-state index in [4.69, 9.17) is 0 Å². The minimum absolute atomic E-state index is 0.0141. The Morgan fingerprint density at radius 2 is 1.62 bits per heavy atom. The van der Waals surface area contributed by atoms with Crippen molar-refractivity contribution in [1.29, 1.82) is 0 Å². The van der Waals surface area contributed by atoms with Crippen LogP contribution in [-0.2, 0) is 22.6 Å². The first-order chi connectivity index (χ1) is 14.0. The predicted octanol–water partition coefficient (Wildman–Crippen LogP) is 3.59. The summed E-state index contributed by atoms with van der Waals surface area (Å²) >= 11 is 0. The zero-order valence-electron chi connectivity index (χ0n) is 16.9. The number of rotatable bonds is 8. The van der Waals surface area contributed by atoms with Gasteiger partial charge in [0.1, 0.15) is 0 Å². The van der Waals surface area contributed by atoms with Gasteiger partial charge < -0.3 is 15.5 Å². The van der Waals surface area contributed by atoms with Crippen molar-refractivity contribution in [3.05, 3.63) is 77.9 Å². The minimum Gasteiger partial charge on any atom is -0.352 e. The van der Waals surface area contributed by atoms with E-state index in [-0.39, 0.29) is 11.8 Å². The van der Waals surface area contributed by atoms with E-state index in [0.717, 1.165) is 16.8 Å². The molecule has 0 fully saturated rings. The molecule has 0 saturated carbocycles. The van der Waals surface area contributed by atoms with Crippen LogP contribution >= 0.6 is 0 Å². The molecule has 5 nitrogen and oxygen atoms in total. The van der Waals surface area contributed by atoms with Gasteiger partial charge in [-0.2, -0.15) is 0 Å². The van der Waals surface area contributed by atoms with Gasteiger partial charge in [0.25, 0.3) is 0 Å². The molecule has 3 aromatic carbocycles. The molecule has 150 valence electrons. The molecule has 0 heterocycles. The molecule has 0 spiro atoms. The molecule has 0 aliphatic rings. The standard InChI is InChI=1S/C24H27N3O2/c1-27(2)17-24(29)26-22-9-5-6-19(15-22)16-25-23(28)13-11-18-10-12-20-7-3-4-8-21(20)14-18/h3-10,12,14-15H,11,13,16-17H2,1-2H3,(H,25,28)(H,26,29). The fraction of sp³-hybridized carbons (Fsp3) is 0.250.